The van der Waals surface area contributed by atoms with Crippen LogP contribution in [-0.2, 0) is 11.3 Å². The summed E-state index contributed by atoms with van der Waals surface area (Å²) in [6.45, 7) is 6.73. The normalized spacial score (nSPS) is 12.8. The van der Waals surface area contributed by atoms with Crippen LogP contribution >= 0.6 is 0 Å². The number of methoxy groups -OCH3 is 1. The molecule has 21 heavy (non-hydrogen) atoms. The summed E-state index contributed by atoms with van der Waals surface area (Å²) in [5.74, 6) is -1.18. The summed E-state index contributed by atoms with van der Waals surface area (Å²) in [6, 6.07) is 5.05. The van der Waals surface area contributed by atoms with Gasteiger partial charge in [-0.1, -0.05) is 13.0 Å². The van der Waals surface area contributed by atoms with Crippen LogP contribution < -0.4 is 0 Å². The molecule has 0 heterocycles. The van der Waals surface area contributed by atoms with Gasteiger partial charge >= 0.3 is 5.97 Å². The van der Waals surface area contributed by atoms with Gasteiger partial charge in [0, 0.05) is 19.1 Å². The Bertz CT molecular complexity index is 477. The van der Waals surface area contributed by atoms with Crippen LogP contribution in [0.4, 0.5) is 4.39 Å². The monoisotopic (exact) mass is 296 g/mol. The smallest absolute Gasteiger partial charge is 0.340 e. The van der Waals surface area contributed by atoms with Crippen molar-refractivity contribution in [2.45, 2.75) is 26.4 Å². The molecule has 1 atom stereocenters. The molecule has 0 aliphatic rings. The van der Waals surface area contributed by atoms with Crippen molar-refractivity contribution in [2.24, 2.45) is 0 Å². The first-order valence-electron chi connectivity index (χ1n) is 7.14. The van der Waals surface area contributed by atoms with E-state index in [1.807, 2.05) is 14.1 Å². The van der Waals surface area contributed by atoms with Gasteiger partial charge in [-0.25, -0.2) is 9.18 Å². The Morgan fingerprint density at radius 3 is 2.52 bits per heavy atom. The Morgan fingerprint density at radius 1 is 1.38 bits per heavy atom. The van der Waals surface area contributed by atoms with Crippen LogP contribution in [-0.4, -0.2) is 56.1 Å². The molecule has 0 fully saturated rings. The molecule has 4 nitrogen and oxygen atoms in total. The molecule has 0 saturated heterocycles. The molecule has 5 heteroatoms. The fourth-order valence-electron chi connectivity index (χ4n) is 2.39. The van der Waals surface area contributed by atoms with Crippen LogP contribution in [0.15, 0.2) is 18.2 Å². The first kappa shape index (κ1) is 17.6. The third kappa shape index (κ3) is 5.10. The van der Waals surface area contributed by atoms with Gasteiger partial charge in [0.25, 0.3) is 0 Å². The van der Waals surface area contributed by atoms with Gasteiger partial charge in [0.05, 0.1) is 12.7 Å². The fraction of sp³-hybridized carbons (Fsp3) is 0.562. The quantitative estimate of drug-likeness (QED) is 0.723. The number of hydrogen-bond donors (Lipinski definition) is 0. The van der Waals surface area contributed by atoms with Gasteiger partial charge in [0.15, 0.2) is 0 Å². The fourth-order valence-corrected chi connectivity index (χ4v) is 2.39. The van der Waals surface area contributed by atoms with Crippen LogP contribution in [0.2, 0.25) is 0 Å². The third-order valence-corrected chi connectivity index (χ3v) is 3.48. The van der Waals surface area contributed by atoms with E-state index in [4.69, 9.17) is 0 Å². The van der Waals surface area contributed by atoms with Crippen LogP contribution in [0.5, 0.6) is 0 Å². The molecule has 1 unspecified atom stereocenters. The van der Waals surface area contributed by atoms with E-state index in [0.29, 0.717) is 12.6 Å². The summed E-state index contributed by atoms with van der Waals surface area (Å²) in [7, 11) is 5.32. The third-order valence-electron chi connectivity index (χ3n) is 3.48. The lowest BCUT2D eigenvalue weighted by atomic mass is 10.1. The first-order chi connectivity index (χ1) is 9.88. The largest absolute Gasteiger partial charge is 0.465 e. The van der Waals surface area contributed by atoms with Gasteiger partial charge < -0.3 is 9.64 Å². The Kier molecular flexibility index (Phi) is 6.78. The molecule has 118 valence electrons. The lowest BCUT2D eigenvalue weighted by molar-refractivity contribution is 0.0595. The minimum atomic E-state index is -0.646. The first-order valence-corrected chi connectivity index (χ1v) is 7.14. The lowest BCUT2D eigenvalue weighted by Crippen LogP contribution is -2.39. The standard InChI is InChI=1S/C16H25FN2O2/c1-6-19(12(2)10-18(3)4)11-13-7-8-14(15(17)9-13)16(20)21-5/h7-9,12H,6,10-11H2,1-5H3. The molecule has 0 spiro atoms. The van der Waals surface area contributed by atoms with E-state index in [2.05, 4.69) is 28.4 Å². The van der Waals surface area contributed by atoms with E-state index in [0.717, 1.165) is 18.7 Å². The molecule has 1 rings (SSSR count). The second-order valence-corrected chi connectivity index (χ2v) is 5.48. The molecule has 0 aliphatic carbocycles. The molecule has 1 aromatic rings. The van der Waals surface area contributed by atoms with E-state index in [1.54, 1.807) is 6.07 Å². The molecule has 1 aromatic carbocycles. The van der Waals surface area contributed by atoms with E-state index in [1.165, 1.54) is 19.2 Å². The topological polar surface area (TPSA) is 32.8 Å². The van der Waals surface area contributed by atoms with E-state index >= 15 is 0 Å². The van der Waals surface area contributed by atoms with Crippen molar-refractivity contribution in [3.8, 4) is 0 Å². The average molecular weight is 296 g/mol. The molecule has 0 N–H and O–H groups in total. The second kappa shape index (κ2) is 8.10. The molecule has 0 radical (unpaired) electrons. The SMILES string of the molecule is CCN(Cc1ccc(C(=O)OC)c(F)c1)C(C)CN(C)C. The van der Waals surface area contributed by atoms with E-state index in [9.17, 15) is 9.18 Å². The number of halogens is 1. The zero-order valence-corrected chi connectivity index (χ0v) is 13.5. The molecule has 0 bridgehead atoms. The number of ether oxygens (including phenoxy) is 1. The minimum absolute atomic E-state index is 0.0226. The van der Waals surface area contributed by atoms with E-state index < -0.39 is 11.8 Å². The van der Waals surface area contributed by atoms with Crippen LogP contribution in [0, 0.1) is 5.82 Å². The number of nitrogens with zero attached hydrogens (tertiary/aromatic N) is 2. The van der Waals surface area contributed by atoms with Crippen LogP contribution in [0.1, 0.15) is 29.8 Å². The highest BCUT2D eigenvalue weighted by atomic mass is 19.1. The van der Waals surface area contributed by atoms with Crippen LogP contribution in [0.3, 0.4) is 0 Å². The molecule has 0 saturated carbocycles. The predicted octanol–water partition coefficient (Wildman–Crippen LogP) is 2.38. The Labute approximate surface area is 126 Å². The Balaban J connectivity index is 2.81. The number of hydrogen-bond acceptors (Lipinski definition) is 4. The lowest BCUT2D eigenvalue weighted by Gasteiger charge is -2.30. The van der Waals surface area contributed by atoms with Crippen molar-refractivity contribution in [1.82, 2.24) is 9.80 Å². The predicted molar refractivity (Wildman–Crippen MR) is 81.8 cm³/mol. The summed E-state index contributed by atoms with van der Waals surface area (Å²) >= 11 is 0. The molecular weight excluding hydrogens is 271 g/mol. The number of likely N-dealkylation sites (N-methyl/N-ethyl adjacent to an activating group) is 2. The highest BCUT2D eigenvalue weighted by Crippen LogP contribution is 2.15. The van der Waals surface area contributed by atoms with Crippen molar-refractivity contribution in [2.75, 3.05) is 34.3 Å². The van der Waals surface area contributed by atoms with Gasteiger partial charge in [-0.2, -0.15) is 0 Å². The number of carbonyl (C=O) groups is 1. The van der Waals surface area contributed by atoms with Gasteiger partial charge in [-0.3, -0.25) is 4.90 Å². The maximum Gasteiger partial charge on any atom is 0.340 e. The Morgan fingerprint density at radius 2 is 2.05 bits per heavy atom. The number of carbonyl (C=O) groups excluding carboxylic acids is 1. The van der Waals surface area contributed by atoms with Crippen molar-refractivity contribution in [3.63, 3.8) is 0 Å². The highest BCUT2D eigenvalue weighted by molar-refractivity contribution is 5.89. The molecular formula is C16H25FN2O2. The van der Waals surface area contributed by atoms with Crippen LogP contribution in [0.25, 0.3) is 0 Å². The van der Waals surface area contributed by atoms with Crippen molar-refractivity contribution in [1.29, 1.82) is 0 Å². The molecule has 0 aliphatic heterocycles. The number of esters is 1. The Hall–Kier alpha value is -1.46. The zero-order valence-electron chi connectivity index (χ0n) is 13.5. The zero-order chi connectivity index (χ0) is 16.0. The van der Waals surface area contributed by atoms with Crippen molar-refractivity contribution in [3.05, 3.63) is 35.1 Å². The minimum Gasteiger partial charge on any atom is -0.465 e. The maximum absolute atomic E-state index is 13.9. The summed E-state index contributed by atoms with van der Waals surface area (Å²) in [5.41, 5.74) is 0.832. The summed E-state index contributed by atoms with van der Waals surface area (Å²) in [5, 5.41) is 0. The summed E-state index contributed by atoms with van der Waals surface area (Å²) < 4.78 is 18.5. The molecule has 0 amide bonds. The number of rotatable bonds is 7. The summed E-state index contributed by atoms with van der Waals surface area (Å²) in [4.78, 5) is 15.8. The average Bonchev–Trinajstić information content (AvgIpc) is 2.43. The maximum atomic E-state index is 13.9. The van der Waals surface area contributed by atoms with E-state index in [-0.39, 0.29) is 5.56 Å². The van der Waals surface area contributed by atoms with Gasteiger partial charge in [-0.05, 0) is 45.3 Å². The van der Waals surface area contributed by atoms with Crippen molar-refractivity contribution < 1.29 is 13.9 Å². The van der Waals surface area contributed by atoms with Gasteiger partial charge in [-0.15, -0.1) is 0 Å². The highest BCUT2D eigenvalue weighted by Gasteiger charge is 2.16. The number of benzene rings is 1. The van der Waals surface area contributed by atoms with Gasteiger partial charge in [0.1, 0.15) is 5.82 Å². The van der Waals surface area contributed by atoms with Crippen molar-refractivity contribution >= 4 is 5.97 Å². The van der Waals surface area contributed by atoms with Gasteiger partial charge in [0.2, 0.25) is 0 Å². The second-order valence-electron chi connectivity index (χ2n) is 5.48. The molecule has 0 aromatic heterocycles. The summed E-state index contributed by atoms with van der Waals surface area (Å²) in [6.07, 6.45) is 0.